The normalized spacial score (nSPS) is 10.8. The standard InChI is InChI=1S/C18H26N2OS/c1-2-3-4-5-6-7-8-11-21-18-10-9-15(12-16(18)19)17-13-22-14-20-17/h9-10,12-14H,2-8,11,19H2,1H3. The van der Waals surface area contributed by atoms with Crippen molar-refractivity contribution in [2.75, 3.05) is 12.3 Å². The number of nitrogen functional groups attached to an aromatic ring is 1. The number of unbranched alkanes of at least 4 members (excludes halogenated alkanes) is 6. The zero-order chi connectivity index (χ0) is 15.6. The number of hydrogen-bond donors (Lipinski definition) is 1. The summed E-state index contributed by atoms with van der Waals surface area (Å²) < 4.78 is 5.79. The molecule has 0 saturated heterocycles. The second-order valence-corrected chi connectivity index (χ2v) is 6.31. The fourth-order valence-corrected chi connectivity index (χ4v) is 3.00. The Kier molecular flexibility index (Phi) is 7.23. The van der Waals surface area contributed by atoms with Gasteiger partial charge in [0, 0.05) is 10.9 Å². The highest BCUT2D eigenvalue weighted by Gasteiger charge is 2.05. The lowest BCUT2D eigenvalue weighted by Gasteiger charge is -2.10. The fraction of sp³-hybridized carbons (Fsp3) is 0.500. The van der Waals surface area contributed by atoms with Crippen molar-refractivity contribution in [1.82, 2.24) is 4.98 Å². The summed E-state index contributed by atoms with van der Waals surface area (Å²) >= 11 is 1.59. The lowest BCUT2D eigenvalue weighted by atomic mass is 10.1. The molecule has 0 aliphatic rings. The van der Waals surface area contributed by atoms with Gasteiger partial charge in [0.05, 0.1) is 23.5 Å². The maximum atomic E-state index is 6.07. The number of nitrogens with two attached hydrogens (primary N) is 1. The van der Waals surface area contributed by atoms with E-state index in [0.29, 0.717) is 5.69 Å². The minimum Gasteiger partial charge on any atom is -0.491 e. The molecule has 3 nitrogen and oxygen atoms in total. The van der Waals surface area contributed by atoms with Crippen LogP contribution in [0, 0.1) is 0 Å². The Balaban J connectivity index is 1.70. The van der Waals surface area contributed by atoms with E-state index in [4.69, 9.17) is 10.5 Å². The summed E-state index contributed by atoms with van der Waals surface area (Å²) in [7, 11) is 0. The van der Waals surface area contributed by atoms with Crippen molar-refractivity contribution in [3.63, 3.8) is 0 Å². The van der Waals surface area contributed by atoms with Crippen LogP contribution < -0.4 is 10.5 Å². The van der Waals surface area contributed by atoms with E-state index < -0.39 is 0 Å². The van der Waals surface area contributed by atoms with E-state index in [9.17, 15) is 0 Å². The van der Waals surface area contributed by atoms with Crippen molar-refractivity contribution in [3.05, 3.63) is 29.1 Å². The molecule has 0 atom stereocenters. The number of benzene rings is 1. The Morgan fingerprint density at radius 2 is 1.86 bits per heavy atom. The van der Waals surface area contributed by atoms with Gasteiger partial charge in [-0.15, -0.1) is 11.3 Å². The summed E-state index contributed by atoms with van der Waals surface area (Å²) in [6.07, 6.45) is 9.01. The van der Waals surface area contributed by atoms with E-state index in [-0.39, 0.29) is 0 Å². The number of rotatable bonds is 10. The molecule has 0 spiro atoms. The van der Waals surface area contributed by atoms with Gasteiger partial charge in [0.1, 0.15) is 5.75 Å². The van der Waals surface area contributed by atoms with Crippen molar-refractivity contribution >= 4 is 17.0 Å². The Hall–Kier alpha value is -1.55. The maximum absolute atomic E-state index is 6.07. The minimum atomic E-state index is 0.688. The second kappa shape index (κ2) is 9.46. The van der Waals surface area contributed by atoms with E-state index in [1.165, 1.54) is 38.5 Å². The average molecular weight is 318 g/mol. The highest BCUT2D eigenvalue weighted by atomic mass is 32.1. The summed E-state index contributed by atoms with van der Waals surface area (Å²) in [6.45, 7) is 2.99. The van der Waals surface area contributed by atoms with Crippen LogP contribution >= 0.6 is 11.3 Å². The highest BCUT2D eigenvalue weighted by molar-refractivity contribution is 7.07. The SMILES string of the molecule is CCCCCCCCCOc1ccc(-c2cscn2)cc1N. The molecule has 0 amide bonds. The molecule has 0 radical (unpaired) electrons. The van der Waals surface area contributed by atoms with Crippen LogP contribution in [-0.4, -0.2) is 11.6 Å². The molecule has 1 aromatic heterocycles. The number of nitrogens with zero attached hydrogens (tertiary/aromatic N) is 1. The van der Waals surface area contributed by atoms with Crippen LogP contribution in [0.15, 0.2) is 29.1 Å². The summed E-state index contributed by atoms with van der Waals surface area (Å²) in [4.78, 5) is 4.30. The van der Waals surface area contributed by atoms with Crippen LogP contribution in [0.4, 0.5) is 5.69 Å². The van der Waals surface area contributed by atoms with E-state index >= 15 is 0 Å². The molecule has 0 bridgehead atoms. The largest absolute Gasteiger partial charge is 0.491 e. The quantitative estimate of drug-likeness (QED) is 0.463. The Labute approximate surface area is 137 Å². The van der Waals surface area contributed by atoms with Crippen LogP contribution in [0.3, 0.4) is 0 Å². The van der Waals surface area contributed by atoms with Gasteiger partial charge in [-0.3, -0.25) is 0 Å². The molecule has 120 valence electrons. The lowest BCUT2D eigenvalue weighted by molar-refractivity contribution is 0.306. The summed E-state index contributed by atoms with van der Waals surface area (Å²) in [5, 5.41) is 2.02. The number of anilines is 1. The van der Waals surface area contributed by atoms with Crippen molar-refractivity contribution in [1.29, 1.82) is 0 Å². The molecular weight excluding hydrogens is 292 g/mol. The zero-order valence-corrected chi connectivity index (χ0v) is 14.2. The van der Waals surface area contributed by atoms with Gasteiger partial charge in [-0.25, -0.2) is 4.98 Å². The topological polar surface area (TPSA) is 48.1 Å². The van der Waals surface area contributed by atoms with Gasteiger partial charge in [0.2, 0.25) is 0 Å². The van der Waals surface area contributed by atoms with Crippen LogP contribution in [0.1, 0.15) is 51.9 Å². The van der Waals surface area contributed by atoms with Crippen molar-refractivity contribution < 1.29 is 4.74 Å². The fourth-order valence-electron chi connectivity index (χ4n) is 2.44. The molecule has 0 fully saturated rings. The predicted molar refractivity (Wildman–Crippen MR) is 95.5 cm³/mol. The maximum Gasteiger partial charge on any atom is 0.142 e. The molecule has 2 N–H and O–H groups in total. The molecule has 0 aliphatic carbocycles. The predicted octanol–water partition coefficient (Wildman–Crippen LogP) is 5.52. The van der Waals surface area contributed by atoms with Crippen molar-refractivity contribution in [2.45, 2.75) is 51.9 Å². The first-order valence-electron chi connectivity index (χ1n) is 8.22. The van der Waals surface area contributed by atoms with Gasteiger partial charge in [-0.1, -0.05) is 45.4 Å². The summed E-state index contributed by atoms with van der Waals surface area (Å²) in [5.41, 5.74) is 10.6. The van der Waals surface area contributed by atoms with Crippen molar-refractivity contribution in [3.8, 4) is 17.0 Å². The number of hydrogen-bond acceptors (Lipinski definition) is 4. The van der Waals surface area contributed by atoms with Crippen LogP contribution in [0.25, 0.3) is 11.3 Å². The smallest absolute Gasteiger partial charge is 0.142 e. The lowest BCUT2D eigenvalue weighted by Crippen LogP contribution is -2.00. The number of ether oxygens (including phenoxy) is 1. The van der Waals surface area contributed by atoms with E-state index in [1.54, 1.807) is 11.3 Å². The van der Waals surface area contributed by atoms with Gasteiger partial charge in [-0.2, -0.15) is 0 Å². The molecule has 0 unspecified atom stereocenters. The molecule has 0 saturated carbocycles. The first kappa shape index (κ1) is 16.8. The monoisotopic (exact) mass is 318 g/mol. The minimum absolute atomic E-state index is 0.688. The molecule has 1 aromatic carbocycles. The first-order valence-corrected chi connectivity index (χ1v) is 9.16. The molecular formula is C18H26N2OS. The molecule has 2 rings (SSSR count). The van der Waals surface area contributed by atoms with E-state index in [1.807, 2.05) is 29.1 Å². The van der Waals surface area contributed by atoms with Crippen LogP contribution in [0.2, 0.25) is 0 Å². The number of thiazole rings is 1. The average Bonchev–Trinajstić information content (AvgIpc) is 3.05. The summed E-state index contributed by atoms with van der Waals surface area (Å²) in [5.74, 6) is 0.782. The second-order valence-electron chi connectivity index (χ2n) is 5.60. The van der Waals surface area contributed by atoms with Gasteiger partial charge >= 0.3 is 0 Å². The van der Waals surface area contributed by atoms with Crippen molar-refractivity contribution in [2.24, 2.45) is 0 Å². The Morgan fingerprint density at radius 1 is 1.09 bits per heavy atom. The van der Waals surface area contributed by atoms with E-state index in [0.717, 1.165) is 30.0 Å². The van der Waals surface area contributed by atoms with Crippen LogP contribution in [0.5, 0.6) is 5.75 Å². The third-order valence-corrected chi connectivity index (χ3v) is 4.33. The molecule has 22 heavy (non-hydrogen) atoms. The molecule has 4 heteroatoms. The third-order valence-electron chi connectivity index (χ3n) is 3.74. The number of aromatic nitrogens is 1. The Bertz CT molecular complexity index is 540. The summed E-state index contributed by atoms with van der Waals surface area (Å²) in [6, 6.07) is 5.91. The zero-order valence-electron chi connectivity index (χ0n) is 13.4. The Morgan fingerprint density at radius 3 is 2.55 bits per heavy atom. The van der Waals surface area contributed by atoms with Gasteiger partial charge in [0.25, 0.3) is 0 Å². The highest BCUT2D eigenvalue weighted by Crippen LogP contribution is 2.28. The molecule has 0 aliphatic heterocycles. The van der Waals surface area contributed by atoms with Gasteiger partial charge in [-0.05, 0) is 24.6 Å². The first-order chi connectivity index (χ1) is 10.8. The van der Waals surface area contributed by atoms with Gasteiger partial charge < -0.3 is 10.5 Å². The van der Waals surface area contributed by atoms with Gasteiger partial charge in [0.15, 0.2) is 0 Å². The third kappa shape index (κ3) is 5.34. The van der Waals surface area contributed by atoms with Crippen LogP contribution in [-0.2, 0) is 0 Å². The van der Waals surface area contributed by atoms with E-state index in [2.05, 4.69) is 11.9 Å². The molecule has 1 heterocycles. The molecule has 2 aromatic rings.